The van der Waals surface area contributed by atoms with E-state index in [1.807, 2.05) is 58.1 Å². The van der Waals surface area contributed by atoms with Crippen molar-refractivity contribution in [2.45, 2.75) is 180 Å². The number of aliphatic hydroxyl groups is 3. The van der Waals surface area contributed by atoms with Gasteiger partial charge in [-0.25, -0.2) is 4.79 Å². The van der Waals surface area contributed by atoms with Gasteiger partial charge in [-0.15, -0.1) is 0 Å². The summed E-state index contributed by atoms with van der Waals surface area (Å²) in [7, 11) is 4.59. The van der Waals surface area contributed by atoms with Crippen molar-refractivity contribution in [1.82, 2.24) is 4.90 Å². The van der Waals surface area contributed by atoms with E-state index in [2.05, 4.69) is 0 Å². The van der Waals surface area contributed by atoms with Crippen molar-refractivity contribution in [3.63, 3.8) is 0 Å². The molecule has 3 aliphatic heterocycles. The lowest BCUT2D eigenvalue weighted by atomic mass is 9.78. The first-order valence-electron chi connectivity index (χ1n) is 25.0. The predicted molar refractivity (Wildman–Crippen MR) is 256 cm³/mol. The highest BCUT2D eigenvalue weighted by Gasteiger charge is 2.53. The van der Waals surface area contributed by atoms with Crippen LogP contribution in [-0.4, -0.2) is 145 Å². The molecule has 1 aliphatic carbocycles. The van der Waals surface area contributed by atoms with Gasteiger partial charge in [-0.2, -0.15) is 0 Å². The van der Waals surface area contributed by atoms with E-state index >= 15 is 0 Å². The number of cyclic esters (lactones) is 1. The Morgan fingerprint density at radius 3 is 2.28 bits per heavy atom. The second kappa shape index (κ2) is 27.3. The predicted octanol–water partition coefficient (Wildman–Crippen LogP) is 6.20. The van der Waals surface area contributed by atoms with Crippen LogP contribution in [0, 0.1) is 35.5 Å². The Bertz CT molecular complexity index is 1810. The van der Waals surface area contributed by atoms with Gasteiger partial charge in [0.15, 0.2) is 11.6 Å². The fraction of sp³-hybridized carbons (Fsp3) is 0.755. The number of methoxy groups -OCH3 is 3. The van der Waals surface area contributed by atoms with Gasteiger partial charge in [0.2, 0.25) is 5.79 Å². The Kier molecular flexibility index (Phi) is 22.9. The Balaban J connectivity index is 1.70. The number of aliphatic hydroxyl groups excluding tert-OH is 2. The lowest BCUT2D eigenvalue weighted by molar-refractivity contribution is -0.265. The lowest BCUT2D eigenvalue weighted by Gasteiger charge is -2.42. The summed E-state index contributed by atoms with van der Waals surface area (Å²) in [6.45, 7) is 12.9. The van der Waals surface area contributed by atoms with Crippen molar-refractivity contribution in [1.29, 1.82) is 0 Å². The summed E-state index contributed by atoms with van der Waals surface area (Å²) in [5.41, 5.74) is 1.19. The molecule has 3 N–H and O–H groups in total. The molecule has 1 saturated carbocycles. The van der Waals surface area contributed by atoms with Gasteiger partial charge in [0, 0.05) is 58.5 Å². The number of allylic oxidation sites excluding steroid dienone is 6. The minimum Gasteiger partial charge on any atom is -0.460 e. The number of amides is 1. The van der Waals surface area contributed by atoms with Gasteiger partial charge >= 0.3 is 5.97 Å². The molecule has 384 valence electrons. The highest BCUT2D eigenvalue weighted by Crippen LogP contribution is 2.38. The molecule has 15 nitrogen and oxygen atoms in total. The number of carbonyl (C=O) groups excluding carboxylic acids is 5. The van der Waals surface area contributed by atoms with Crippen molar-refractivity contribution >= 4 is 29.2 Å². The normalized spacial score (nSPS) is 37.5. The number of hydrogen-bond donors (Lipinski definition) is 3. The highest BCUT2D eigenvalue weighted by molar-refractivity contribution is 6.39. The molecule has 2 saturated heterocycles. The van der Waals surface area contributed by atoms with Gasteiger partial charge < -0.3 is 48.6 Å². The molecule has 0 spiro atoms. The molecule has 1 amide bonds. The molecule has 4 aliphatic rings. The average molecular weight is 958 g/mol. The van der Waals surface area contributed by atoms with Gasteiger partial charge in [-0.1, -0.05) is 71.1 Å². The van der Waals surface area contributed by atoms with Crippen LogP contribution < -0.4 is 0 Å². The molecule has 0 aromatic heterocycles. The van der Waals surface area contributed by atoms with E-state index in [4.69, 9.17) is 28.4 Å². The van der Waals surface area contributed by atoms with Crippen molar-refractivity contribution in [2.75, 3.05) is 41.1 Å². The van der Waals surface area contributed by atoms with Gasteiger partial charge in [0.25, 0.3) is 11.7 Å². The number of ketones is 3. The quantitative estimate of drug-likeness (QED) is 0.174. The summed E-state index contributed by atoms with van der Waals surface area (Å²) >= 11 is 0. The molecule has 3 fully saturated rings. The van der Waals surface area contributed by atoms with Crippen molar-refractivity contribution < 1.29 is 67.7 Å². The maximum absolute atomic E-state index is 14.5. The average Bonchev–Trinajstić information content (AvgIpc) is 3.32. The number of hydrogen-bond acceptors (Lipinski definition) is 14. The van der Waals surface area contributed by atoms with E-state index in [0.717, 1.165) is 12.0 Å². The van der Waals surface area contributed by atoms with Crippen molar-refractivity contribution in [3.8, 4) is 0 Å². The molecule has 3 heterocycles. The van der Waals surface area contributed by atoms with E-state index < -0.39 is 77.8 Å². The largest absolute Gasteiger partial charge is 0.460 e. The topological polar surface area (TPSA) is 205 Å². The Morgan fingerprint density at radius 2 is 1.60 bits per heavy atom. The SMILES string of the molecule is COC1C(=O)[C@H](C)C[C@@H](C)C=CC=CC=C(C)[C@H](OC)CC2CC[C@@H](C)[C@@](O)(O2)C(=O)C(=O)N2CCCC[C@H]2C(=O)OC(C(C)C[C@@H]2CC[C@H](OCCO)[C@H](OC)C2)CC(=O)/C(C)=C/C(C)[C@H]1O. The number of esters is 1. The van der Waals surface area contributed by atoms with Crippen LogP contribution in [-0.2, 0) is 52.4 Å². The summed E-state index contributed by atoms with van der Waals surface area (Å²) < 4.78 is 35.6. The van der Waals surface area contributed by atoms with Crippen LogP contribution in [0.1, 0.15) is 126 Å². The van der Waals surface area contributed by atoms with E-state index in [-0.39, 0.29) is 74.1 Å². The number of rotatable bonds is 9. The number of fused-ring (bicyclic) bond motifs is 3. The van der Waals surface area contributed by atoms with E-state index in [1.165, 1.54) is 12.0 Å². The van der Waals surface area contributed by atoms with Crippen LogP contribution in [0.5, 0.6) is 0 Å². The summed E-state index contributed by atoms with van der Waals surface area (Å²) in [6, 6.07) is -1.15. The molecule has 15 atom stereocenters. The third-order valence-electron chi connectivity index (χ3n) is 14.9. The minimum absolute atomic E-state index is 0.0185. The Morgan fingerprint density at radius 1 is 0.868 bits per heavy atom. The van der Waals surface area contributed by atoms with Gasteiger partial charge in [0.1, 0.15) is 18.2 Å². The third kappa shape index (κ3) is 15.3. The molecule has 4 rings (SSSR count). The number of carbonyl (C=O) groups is 5. The van der Waals surface area contributed by atoms with Crippen LogP contribution in [0.25, 0.3) is 0 Å². The van der Waals surface area contributed by atoms with Crippen LogP contribution >= 0.6 is 0 Å². The maximum atomic E-state index is 14.5. The Labute approximate surface area is 405 Å². The summed E-state index contributed by atoms with van der Waals surface area (Å²) in [4.78, 5) is 72.1. The maximum Gasteiger partial charge on any atom is 0.329 e. The van der Waals surface area contributed by atoms with Crippen LogP contribution in [0.2, 0.25) is 0 Å². The minimum atomic E-state index is -2.43. The molecular formula is C53H83NO14. The fourth-order valence-corrected chi connectivity index (χ4v) is 10.5. The molecule has 0 aromatic rings. The summed E-state index contributed by atoms with van der Waals surface area (Å²) in [6.07, 6.45) is 12.0. The van der Waals surface area contributed by atoms with Crippen LogP contribution in [0.4, 0.5) is 0 Å². The second-order valence-electron chi connectivity index (χ2n) is 20.2. The number of ether oxygens (including phenoxy) is 6. The zero-order chi connectivity index (χ0) is 50.3. The van der Waals surface area contributed by atoms with Gasteiger partial charge in [-0.3, -0.25) is 19.2 Å². The molecule has 5 unspecified atom stereocenters. The fourth-order valence-electron chi connectivity index (χ4n) is 10.5. The van der Waals surface area contributed by atoms with E-state index in [1.54, 1.807) is 41.1 Å². The summed E-state index contributed by atoms with van der Waals surface area (Å²) in [5, 5.41) is 32.8. The van der Waals surface area contributed by atoms with Gasteiger partial charge in [0.05, 0.1) is 43.7 Å². The Hall–Kier alpha value is -3.41. The standard InChI is InChI=1S/C53H83NO14/c1-32-16-12-11-13-17-33(2)44(63-8)30-40-21-19-38(7)53(62,68-40)50(59)51(60)54-23-15-14-18-41(54)52(61)67-45(35(4)28-39-20-22-43(66-25-24-55)46(29-39)64-9)31-42(56)34(3)27-37(6)48(58)49(65-10)47(57)36(5)26-32/h11-13,16-17,27,32,35-41,43-46,48-49,55,58,62H,14-15,18-26,28-31H2,1-10H3/b13-11?,16-12?,33-17?,34-27+/t32-,35?,36+,37?,38+,39-,40?,41-,43-,44+,45?,46+,48+,49?,53+/m0/s1. The number of Topliss-reactive ketones (excluding diaryl/α,β-unsaturated/α-hetero) is 3. The number of nitrogens with zero attached hydrogens (tertiary/aromatic N) is 1. The van der Waals surface area contributed by atoms with Crippen molar-refractivity contribution in [2.24, 2.45) is 35.5 Å². The first kappa shape index (κ1) is 57.2. The molecule has 0 aromatic carbocycles. The second-order valence-corrected chi connectivity index (χ2v) is 20.2. The zero-order valence-electron chi connectivity index (χ0n) is 42.4. The van der Waals surface area contributed by atoms with E-state index in [9.17, 15) is 39.3 Å². The molecule has 0 radical (unpaired) electrons. The molecule has 2 bridgehead atoms. The summed E-state index contributed by atoms with van der Waals surface area (Å²) in [5.74, 6) is -7.94. The first-order chi connectivity index (χ1) is 32.3. The monoisotopic (exact) mass is 958 g/mol. The molecule has 68 heavy (non-hydrogen) atoms. The van der Waals surface area contributed by atoms with E-state index in [0.29, 0.717) is 63.4 Å². The lowest BCUT2D eigenvalue weighted by Crippen LogP contribution is -2.61. The van der Waals surface area contributed by atoms with Crippen molar-refractivity contribution in [3.05, 3.63) is 47.6 Å². The molecular weight excluding hydrogens is 875 g/mol. The molecule has 15 heteroatoms. The first-order valence-corrected chi connectivity index (χ1v) is 25.0. The van der Waals surface area contributed by atoms with Crippen LogP contribution in [0.15, 0.2) is 47.6 Å². The number of piperidine rings is 1. The third-order valence-corrected chi connectivity index (χ3v) is 14.9. The zero-order valence-corrected chi connectivity index (χ0v) is 42.4. The highest BCUT2D eigenvalue weighted by atomic mass is 16.6. The van der Waals surface area contributed by atoms with Gasteiger partial charge in [-0.05, 0) is 107 Å². The smallest absolute Gasteiger partial charge is 0.329 e. The van der Waals surface area contributed by atoms with Crippen LogP contribution in [0.3, 0.4) is 0 Å².